The first-order chi connectivity index (χ1) is 17.4. The zero-order chi connectivity index (χ0) is 25.2. The topological polar surface area (TPSA) is 117 Å². The average molecular weight is 504 g/mol. The second kappa shape index (κ2) is 9.74. The van der Waals surface area contributed by atoms with Gasteiger partial charge in [0.25, 0.3) is 11.6 Å². The van der Waals surface area contributed by atoms with E-state index in [-0.39, 0.29) is 16.3 Å². The van der Waals surface area contributed by atoms with Gasteiger partial charge in [0.2, 0.25) is 5.95 Å². The van der Waals surface area contributed by atoms with Crippen molar-refractivity contribution in [1.82, 2.24) is 15.0 Å². The van der Waals surface area contributed by atoms with Crippen LogP contribution in [0.15, 0.2) is 60.9 Å². The lowest BCUT2D eigenvalue weighted by atomic mass is 10.1. The Labute approximate surface area is 211 Å². The molecule has 1 N–H and O–H groups in total. The summed E-state index contributed by atoms with van der Waals surface area (Å²) in [6, 6.07) is 13.1. The van der Waals surface area contributed by atoms with E-state index in [1.54, 1.807) is 18.5 Å². The number of nitrogens with zero attached hydrogens (tertiary/aromatic N) is 6. The Balaban J connectivity index is 1.31. The minimum atomic E-state index is -0.557. The van der Waals surface area contributed by atoms with Crippen LogP contribution in [0.3, 0.4) is 0 Å². The maximum atomic E-state index is 12.7. The first-order valence-corrected chi connectivity index (χ1v) is 11.7. The van der Waals surface area contributed by atoms with Crippen molar-refractivity contribution >= 4 is 51.6 Å². The molecule has 0 radical (unpaired) electrons. The third kappa shape index (κ3) is 4.76. The Morgan fingerprint density at radius 3 is 2.44 bits per heavy atom. The normalized spacial score (nSPS) is 13.6. The second-order valence-corrected chi connectivity index (χ2v) is 8.83. The number of hydrogen-bond acceptors (Lipinski definition) is 8. The van der Waals surface area contributed by atoms with Gasteiger partial charge in [0.1, 0.15) is 5.82 Å². The molecule has 10 nitrogen and oxygen atoms in total. The molecule has 0 unspecified atom stereocenters. The van der Waals surface area contributed by atoms with Crippen molar-refractivity contribution in [1.29, 1.82) is 0 Å². The van der Waals surface area contributed by atoms with Gasteiger partial charge < -0.3 is 15.1 Å². The van der Waals surface area contributed by atoms with Crippen molar-refractivity contribution in [3.8, 4) is 0 Å². The number of pyridine rings is 1. The Kier molecular flexibility index (Phi) is 6.34. The van der Waals surface area contributed by atoms with E-state index in [9.17, 15) is 14.9 Å². The number of amides is 1. The predicted octanol–water partition coefficient (Wildman–Crippen LogP) is 4.47. The van der Waals surface area contributed by atoms with Crippen molar-refractivity contribution in [3.05, 3.63) is 87.2 Å². The van der Waals surface area contributed by atoms with E-state index in [2.05, 4.69) is 31.2 Å². The minimum Gasteiger partial charge on any atom is -0.353 e. The number of carbonyl (C=O) groups is 1. The summed E-state index contributed by atoms with van der Waals surface area (Å²) in [5.41, 5.74) is 2.43. The average Bonchev–Trinajstić information content (AvgIpc) is 2.89. The number of fused-ring (bicyclic) bond motifs is 1. The molecule has 1 amide bonds. The lowest BCUT2D eigenvalue weighted by Crippen LogP contribution is -2.47. The number of nitro benzene ring substituents is 1. The van der Waals surface area contributed by atoms with Crippen molar-refractivity contribution in [2.24, 2.45) is 0 Å². The van der Waals surface area contributed by atoms with Gasteiger partial charge in [0, 0.05) is 61.8 Å². The second-order valence-electron chi connectivity index (χ2n) is 8.43. The molecular formula is C25H22ClN7O3. The van der Waals surface area contributed by atoms with Crippen molar-refractivity contribution in [3.63, 3.8) is 0 Å². The SMILES string of the molecule is Cc1cc(N2CCN(c3ncccn3)CC2)nc2ccc(NC(=O)c3ccc([N+](=O)[O-])cc3Cl)cc12. The molecule has 36 heavy (non-hydrogen) atoms. The number of non-ortho nitro benzene ring substituents is 1. The smallest absolute Gasteiger partial charge is 0.270 e. The van der Waals surface area contributed by atoms with E-state index < -0.39 is 10.8 Å². The van der Waals surface area contributed by atoms with E-state index in [1.807, 2.05) is 25.1 Å². The maximum Gasteiger partial charge on any atom is 0.270 e. The van der Waals surface area contributed by atoms with Gasteiger partial charge in [0.15, 0.2) is 0 Å². The molecule has 3 heterocycles. The van der Waals surface area contributed by atoms with E-state index in [0.717, 1.165) is 54.4 Å². The number of benzene rings is 2. The van der Waals surface area contributed by atoms with Crippen LogP contribution in [0.5, 0.6) is 0 Å². The highest BCUT2D eigenvalue weighted by Gasteiger charge is 2.21. The van der Waals surface area contributed by atoms with E-state index in [1.165, 1.54) is 18.2 Å². The number of nitro groups is 1. The van der Waals surface area contributed by atoms with Gasteiger partial charge in [-0.2, -0.15) is 0 Å². The quantitative estimate of drug-likeness (QED) is 0.313. The molecule has 0 saturated carbocycles. The van der Waals surface area contributed by atoms with Crippen LogP contribution < -0.4 is 15.1 Å². The molecule has 5 rings (SSSR count). The van der Waals surface area contributed by atoms with Crippen LogP contribution in [-0.2, 0) is 0 Å². The van der Waals surface area contributed by atoms with Gasteiger partial charge in [-0.3, -0.25) is 14.9 Å². The first kappa shape index (κ1) is 23.4. The Bertz CT molecular complexity index is 1460. The highest BCUT2D eigenvalue weighted by Crippen LogP contribution is 2.28. The largest absolute Gasteiger partial charge is 0.353 e. The fourth-order valence-corrected chi connectivity index (χ4v) is 4.47. The van der Waals surface area contributed by atoms with Gasteiger partial charge in [-0.25, -0.2) is 15.0 Å². The molecule has 1 saturated heterocycles. The van der Waals surface area contributed by atoms with Gasteiger partial charge in [-0.15, -0.1) is 0 Å². The highest BCUT2D eigenvalue weighted by molar-refractivity contribution is 6.34. The van der Waals surface area contributed by atoms with Crippen LogP contribution in [0.4, 0.5) is 23.1 Å². The summed E-state index contributed by atoms with van der Waals surface area (Å²) in [7, 11) is 0. The molecule has 2 aromatic heterocycles. The number of nitrogens with one attached hydrogen (secondary N) is 1. The summed E-state index contributed by atoms with van der Waals surface area (Å²) in [6.45, 7) is 5.24. The molecule has 1 aliphatic rings. The fourth-order valence-electron chi connectivity index (χ4n) is 4.21. The zero-order valence-electron chi connectivity index (χ0n) is 19.4. The maximum absolute atomic E-state index is 12.7. The Morgan fingerprint density at radius 1 is 1.03 bits per heavy atom. The number of piperazine rings is 1. The monoisotopic (exact) mass is 503 g/mol. The van der Waals surface area contributed by atoms with Gasteiger partial charge >= 0.3 is 0 Å². The summed E-state index contributed by atoms with van der Waals surface area (Å²) in [6.07, 6.45) is 3.50. The van der Waals surface area contributed by atoms with Crippen LogP contribution >= 0.6 is 11.6 Å². The number of aromatic nitrogens is 3. The highest BCUT2D eigenvalue weighted by atomic mass is 35.5. The third-order valence-electron chi connectivity index (χ3n) is 6.11. The van der Waals surface area contributed by atoms with Crippen LogP contribution in [0.1, 0.15) is 15.9 Å². The van der Waals surface area contributed by atoms with Gasteiger partial charge in [-0.05, 0) is 48.9 Å². The fraction of sp³-hybridized carbons (Fsp3) is 0.200. The Hall–Kier alpha value is -4.31. The standard InChI is InChI=1S/C25H22ClN7O3/c1-16-13-23(31-9-11-32(12-10-31)25-27-7-2-8-28-25)30-22-6-3-17(14-20(16)22)29-24(34)19-5-4-18(33(35)36)15-21(19)26/h2-8,13-15H,9-12H2,1H3,(H,29,34). The number of anilines is 3. The van der Waals surface area contributed by atoms with Crippen LogP contribution in [0.2, 0.25) is 5.02 Å². The van der Waals surface area contributed by atoms with Crippen molar-refractivity contribution in [2.45, 2.75) is 6.92 Å². The van der Waals surface area contributed by atoms with Gasteiger partial charge in [-0.1, -0.05) is 11.6 Å². The molecule has 1 fully saturated rings. The number of hydrogen-bond donors (Lipinski definition) is 1. The van der Waals surface area contributed by atoms with Crippen LogP contribution in [-0.4, -0.2) is 52.0 Å². The summed E-state index contributed by atoms with van der Waals surface area (Å²) in [5.74, 6) is 1.20. The molecular weight excluding hydrogens is 482 g/mol. The van der Waals surface area contributed by atoms with Crippen molar-refractivity contribution in [2.75, 3.05) is 41.3 Å². The molecule has 0 spiro atoms. The molecule has 2 aromatic carbocycles. The molecule has 4 aromatic rings. The summed E-state index contributed by atoms with van der Waals surface area (Å²) < 4.78 is 0. The van der Waals surface area contributed by atoms with E-state index >= 15 is 0 Å². The van der Waals surface area contributed by atoms with Crippen LogP contribution in [0, 0.1) is 17.0 Å². The summed E-state index contributed by atoms with van der Waals surface area (Å²) in [5, 5.41) is 14.7. The molecule has 0 atom stereocenters. The summed E-state index contributed by atoms with van der Waals surface area (Å²) >= 11 is 6.10. The summed E-state index contributed by atoms with van der Waals surface area (Å²) in [4.78, 5) is 41.0. The predicted molar refractivity (Wildman–Crippen MR) is 139 cm³/mol. The number of aryl methyl sites for hydroxylation is 1. The van der Waals surface area contributed by atoms with Crippen LogP contribution in [0.25, 0.3) is 10.9 Å². The minimum absolute atomic E-state index is 0.0175. The number of carbonyl (C=O) groups excluding carboxylic acids is 1. The third-order valence-corrected chi connectivity index (χ3v) is 6.42. The molecule has 1 aliphatic heterocycles. The van der Waals surface area contributed by atoms with Gasteiger partial charge in [0.05, 0.1) is 21.0 Å². The lowest BCUT2D eigenvalue weighted by molar-refractivity contribution is -0.384. The number of rotatable bonds is 5. The molecule has 0 bridgehead atoms. The van der Waals surface area contributed by atoms with E-state index in [0.29, 0.717) is 5.69 Å². The Morgan fingerprint density at radius 2 is 1.75 bits per heavy atom. The van der Waals surface area contributed by atoms with Crippen molar-refractivity contribution < 1.29 is 9.72 Å². The molecule has 11 heteroatoms. The molecule has 182 valence electrons. The zero-order valence-corrected chi connectivity index (χ0v) is 20.1. The lowest BCUT2D eigenvalue weighted by Gasteiger charge is -2.35. The number of halogens is 1. The molecule has 0 aliphatic carbocycles. The van der Waals surface area contributed by atoms with E-state index in [4.69, 9.17) is 16.6 Å². The first-order valence-electron chi connectivity index (χ1n) is 11.3.